The highest BCUT2D eigenvalue weighted by Crippen LogP contribution is 2.07. The van der Waals surface area contributed by atoms with Crippen LogP contribution in [0.5, 0.6) is 0 Å². The zero-order chi connectivity index (χ0) is 17.4. The van der Waals surface area contributed by atoms with E-state index in [-0.39, 0.29) is 5.70 Å². The standard InChI is InChI=1S/C15H17N3O5/c1-9(13(20)18-15(16)22)23-14(21)12(17-10(2)19)8-11-6-4-3-5-7-11/h3-9H,1-2H3,(H,17,19)(H3,16,18,20,22)/b12-8-/t9-/m1/s1. The van der Waals surface area contributed by atoms with Crippen molar-refractivity contribution >= 4 is 29.9 Å². The van der Waals surface area contributed by atoms with Crippen LogP contribution in [0.3, 0.4) is 0 Å². The first-order valence-corrected chi connectivity index (χ1v) is 6.65. The first-order valence-electron chi connectivity index (χ1n) is 6.65. The second-order valence-electron chi connectivity index (χ2n) is 4.55. The fraction of sp³-hybridized carbons (Fsp3) is 0.200. The fourth-order valence-corrected chi connectivity index (χ4v) is 1.55. The summed E-state index contributed by atoms with van der Waals surface area (Å²) in [6, 6.07) is 7.69. The molecule has 4 amide bonds. The summed E-state index contributed by atoms with van der Waals surface area (Å²) in [5.41, 5.74) is 5.33. The summed E-state index contributed by atoms with van der Waals surface area (Å²) in [7, 11) is 0. The lowest BCUT2D eigenvalue weighted by Crippen LogP contribution is -2.42. The molecular weight excluding hydrogens is 302 g/mol. The molecule has 1 atom stereocenters. The van der Waals surface area contributed by atoms with Crippen LogP contribution in [0.1, 0.15) is 19.4 Å². The van der Waals surface area contributed by atoms with Crippen LogP contribution in [0.4, 0.5) is 4.79 Å². The van der Waals surface area contributed by atoms with Crippen molar-refractivity contribution in [3.63, 3.8) is 0 Å². The third kappa shape index (κ3) is 6.42. The smallest absolute Gasteiger partial charge is 0.355 e. The molecule has 8 heteroatoms. The van der Waals surface area contributed by atoms with E-state index < -0.39 is 29.9 Å². The van der Waals surface area contributed by atoms with Crippen molar-refractivity contribution in [3.05, 3.63) is 41.6 Å². The van der Waals surface area contributed by atoms with Crippen molar-refractivity contribution in [2.75, 3.05) is 0 Å². The molecule has 0 fully saturated rings. The summed E-state index contributed by atoms with van der Waals surface area (Å²) in [6.07, 6.45) is 0.144. The Morgan fingerprint density at radius 2 is 1.74 bits per heavy atom. The number of primary amides is 1. The van der Waals surface area contributed by atoms with E-state index in [4.69, 9.17) is 10.5 Å². The number of amides is 4. The molecule has 0 aliphatic heterocycles. The van der Waals surface area contributed by atoms with Gasteiger partial charge in [-0.05, 0) is 18.6 Å². The minimum absolute atomic E-state index is 0.137. The zero-order valence-electron chi connectivity index (χ0n) is 12.7. The van der Waals surface area contributed by atoms with Crippen LogP contribution < -0.4 is 16.4 Å². The monoisotopic (exact) mass is 319 g/mol. The lowest BCUT2D eigenvalue weighted by Gasteiger charge is -2.14. The number of hydrogen-bond donors (Lipinski definition) is 3. The molecule has 0 unspecified atom stereocenters. The first kappa shape index (κ1) is 17.9. The molecule has 0 bridgehead atoms. The number of nitrogens with two attached hydrogens (primary N) is 1. The van der Waals surface area contributed by atoms with E-state index in [2.05, 4.69) is 5.32 Å². The molecule has 0 aliphatic carbocycles. The highest BCUT2D eigenvalue weighted by molar-refractivity contribution is 6.00. The second kappa shape index (κ2) is 8.32. The van der Waals surface area contributed by atoms with Gasteiger partial charge in [0.2, 0.25) is 5.91 Å². The van der Waals surface area contributed by atoms with E-state index in [1.807, 2.05) is 0 Å². The van der Waals surface area contributed by atoms with Gasteiger partial charge in [-0.3, -0.25) is 14.9 Å². The third-order valence-corrected chi connectivity index (χ3v) is 2.54. The van der Waals surface area contributed by atoms with Gasteiger partial charge in [0.15, 0.2) is 6.10 Å². The molecule has 0 aromatic heterocycles. The van der Waals surface area contributed by atoms with Crippen molar-refractivity contribution in [2.45, 2.75) is 20.0 Å². The average molecular weight is 319 g/mol. The number of carbonyl (C=O) groups is 4. The van der Waals surface area contributed by atoms with Gasteiger partial charge in [-0.1, -0.05) is 30.3 Å². The molecule has 0 spiro atoms. The van der Waals surface area contributed by atoms with Crippen LogP contribution in [-0.2, 0) is 19.1 Å². The van der Waals surface area contributed by atoms with Crippen molar-refractivity contribution in [3.8, 4) is 0 Å². The van der Waals surface area contributed by atoms with Gasteiger partial charge in [0.1, 0.15) is 5.70 Å². The third-order valence-electron chi connectivity index (χ3n) is 2.54. The number of ether oxygens (including phenoxy) is 1. The predicted molar refractivity (Wildman–Crippen MR) is 81.5 cm³/mol. The van der Waals surface area contributed by atoms with Crippen molar-refractivity contribution in [1.29, 1.82) is 0 Å². The maximum atomic E-state index is 12.1. The number of nitrogens with one attached hydrogen (secondary N) is 2. The Bertz CT molecular complexity index is 640. The summed E-state index contributed by atoms with van der Waals surface area (Å²) in [5.74, 6) is -2.26. The molecule has 8 nitrogen and oxygen atoms in total. The number of esters is 1. The Labute approximate surface area is 132 Å². The lowest BCUT2D eigenvalue weighted by atomic mass is 10.2. The minimum Gasteiger partial charge on any atom is -0.448 e. The molecule has 0 saturated carbocycles. The predicted octanol–water partition coefficient (Wildman–Crippen LogP) is 0.290. The fourth-order valence-electron chi connectivity index (χ4n) is 1.55. The Hall–Kier alpha value is -3.16. The zero-order valence-corrected chi connectivity index (χ0v) is 12.7. The van der Waals surface area contributed by atoms with Crippen molar-refractivity contribution in [1.82, 2.24) is 10.6 Å². The van der Waals surface area contributed by atoms with Gasteiger partial charge in [0.25, 0.3) is 5.91 Å². The molecule has 0 aliphatic rings. The molecule has 1 aromatic carbocycles. The molecule has 0 saturated heterocycles. The normalized spacial score (nSPS) is 12.0. The van der Waals surface area contributed by atoms with Crippen LogP contribution in [0.2, 0.25) is 0 Å². The molecule has 23 heavy (non-hydrogen) atoms. The summed E-state index contributed by atoms with van der Waals surface area (Å²) in [5, 5.41) is 4.13. The van der Waals surface area contributed by atoms with E-state index in [0.717, 1.165) is 0 Å². The van der Waals surface area contributed by atoms with Crippen LogP contribution in [-0.4, -0.2) is 29.9 Å². The van der Waals surface area contributed by atoms with E-state index in [1.165, 1.54) is 19.9 Å². The molecule has 0 radical (unpaired) electrons. The number of carbonyl (C=O) groups excluding carboxylic acids is 4. The molecule has 0 heterocycles. The van der Waals surface area contributed by atoms with Crippen LogP contribution >= 0.6 is 0 Å². The Kier molecular flexibility index (Phi) is 6.47. The highest BCUT2D eigenvalue weighted by Gasteiger charge is 2.22. The van der Waals surface area contributed by atoms with E-state index in [1.54, 1.807) is 35.6 Å². The Morgan fingerprint density at radius 3 is 2.26 bits per heavy atom. The molecule has 1 rings (SSSR count). The summed E-state index contributed by atoms with van der Waals surface area (Å²) in [6.45, 7) is 2.50. The quantitative estimate of drug-likeness (QED) is 0.531. The summed E-state index contributed by atoms with van der Waals surface area (Å²) >= 11 is 0. The number of urea groups is 1. The average Bonchev–Trinajstić information content (AvgIpc) is 2.46. The Morgan fingerprint density at radius 1 is 1.13 bits per heavy atom. The van der Waals surface area contributed by atoms with E-state index in [9.17, 15) is 19.2 Å². The molecule has 122 valence electrons. The van der Waals surface area contributed by atoms with Gasteiger partial charge in [-0.2, -0.15) is 0 Å². The minimum atomic E-state index is -1.26. The van der Waals surface area contributed by atoms with Crippen LogP contribution in [0, 0.1) is 0 Å². The maximum absolute atomic E-state index is 12.1. The van der Waals surface area contributed by atoms with Gasteiger partial charge in [-0.25, -0.2) is 9.59 Å². The van der Waals surface area contributed by atoms with Gasteiger partial charge >= 0.3 is 12.0 Å². The van der Waals surface area contributed by atoms with Crippen molar-refractivity contribution < 1.29 is 23.9 Å². The van der Waals surface area contributed by atoms with Gasteiger partial charge in [0.05, 0.1) is 0 Å². The number of benzene rings is 1. The topological polar surface area (TPSA) is 128 Å². The molecule has 1 aromatic rings. The van der Waals surface area contributed by atoms with Gasteiger partial charge in [-0.15, -0.1) is 0 Å². The summed E-state index contributed by atoms with van der Waals surface area (Å²) in [4.78, 5) is 45.4. The van der Waals surface area contributed by atoms with Crippen molar-refractivity contribution in [2.24, 2.45) is 5.73 Å². The van der Waals surface area contributed by atoms with Gasteiger partial charge < -0.3 is 15.8 Å². The second-order valence-corrected chi connectivity index (χ2v) is 4.55. The van der Waals surface area contributed by atoms with Crippen LogP contribution in [0.25, 0.3) is 6.08 Å². The lowest BCUT2D eigenvalue weighted by molar-refractivity contribution is -0.151. The van der Waals surface area contributed by atoms with E-state index >= 15 is 0 Å². The molecule has 4 N–H and O–H groups in total. The maximum Gasteiger partial charge on any atom is 0.355 e. The van der Waals surface area contributed by atoms with Crippen LogP contribution in [0.15, 0.2) is 36.0 Å². The largest absolute Gasteiger partial charge is 0.448 e. The first-order chi connectivity index (χ1) is 10.8. The number of rotatable bonds is 5. The van der Waals surface area contributed by atoms with Gasteiger partial charge in [0, 0.05) is 6.92 Å². The molecular formula is C15H17N3O5. The Balaban J connectivity index is 2.88. The summed E-state index contributed by atoms with van der Waals surface area (Å²) < 4.78 is 4.91. The number of imide groups is 1. The number of hydrogen-bond acceptors (Lipinski definition) is 5. The highest BCUT2D eigenvalue weighted by atomic mass is 16.5. The SMILES string of the molecule is CC(=O)N/C(=C\c1ccccc1)C(=O)O[C@H](C)C(=O)NC(N)=O. The van der Waals surface area contributed by atoms with E-state index in [0.29, 0.717) is 5.56 Å².